The van der Waals surface area contributed by atoms with Gasteiger partial charge >= 0.3 is 5.97 Å². The summed E-state index contributed by atoms with van der Waals surface area (Å²) in [6, 6.07) is 5.65. The number of carbonyl (C=O) groups excluding carboxylic acids is 4. The van der Waals surface area contributed by atoms with Gasteiger partial charge in [0, 0.05) is 31.3 Å². The molecule has 1 fully saturated rings. The van der Waals surface area contributed by atoms with Gasteiger partial charge in [-0.15, -0.1) is 5.06 Å². The fourth-order valence-corrected chi connectivity index (χ4v) is 4.98. The number of hydroxylamine groups is 2. The molecule has 1 N–H and O–H groups in total. The minimum absolute atomic E-state index is 0.0272. The van der Waals surface area contributed by atoms with Crippen LogP contribution in [0.15, 0.2) is 29.4 Å². The van der Waals surface area contributed by atoms with Crippen LogP contribution in [0.3, 0.4) is 0 Å². The highest BCUT2D eigenvalue weighted by Gasteiger charge is 2.43. The molecule has 10 nitrogen and oxygen atoms in total. The second-order valence-corrected chi connectivity index (χ2v) is 10.1. The number of nitrogens with zero attached hydrogens (tertiary/aromatic N) is 2. The zero-order valence-corrected chi connectivity index (χ0v) is 19.1. The Balaban J connectivity index is 1.49. The first-order valence-corrected chi connectivity index (χ1v) is 13.1. The van der Waals surface area contributed by atoms with E-state index >= 15 is 0 Å². The van der Waals surface area contributed by atoms with E-state index in [1.807, 2.05) is 18.2 Å². The van der Waals surface area contributed by atoms with Crippen molar-refractivity contribution in [3.8, 4) is 0 Å². The number of hydrogen-bond acceptors (Lipinski definition) is 10. The van der Waals surface area contributed by atoms with Crippen molar-refractivity contribution in [2.45, 2.75) is 48.8 Å². The van der Waals surface area contributed by atoms with Gasteiger partial charge in [-0.1, -0.05) is 23.3 Å². The summed E-state index contributed by atoms with van der Waals surface area (Å²) in [6.07, 6.45) is 3.32. The highest BCUT2D eigenvalue weighted by molar-refractivity contribution is 8.76. The van der Waals surface area contributed by atoms with Crippen molar-refractivity contribution in [3.05, 3.63) is 24.4 Å². The third-order valence-electron chi connectivity index (χ3n) is 4.10. The zero-order chi connectivity index (χ0) is 22.6. The van der Waals surface area contributed by atoms with E-state index in [0.717, 1.165) is 5.03 Å². The molecule has 2 heterocycles. The highest BCUT2D eigenvalue weighted by Crippen LogP contribution is 2.29. The molecule has 1 saturated heterocycles. The quantitative estimate of drug-likeness (QED) is 0.179. The number of aromatic nitrogens is 1. The molecule has 170 valence electrons. The Morgan fingerprint density at radius 3 is 2.68 bits per heavy atom. The Kier molecular flexibility index (Phi) is 10.8. The summed E-state index contributed by atoms with van der Waals surface area (Å²) in [6.45, 7) is 0.479. The number of imide groups is 1. The Bertz CT molecular complexity index is 856. The van der Waals surface area contributed by atoms with E-state index in [4.69, 9.17) is 4.84 Å². The number of hydrogen-bond donors (Lipinski definition) is 2. The molecular formula is C18H23N3O7S3. The van der Waals surface area contributed by atoms with Gasteiger partial charge in [0.2, 0.25) is 5.91 Å². The lowest BCUT2D eigenvalue weighted by Crippen LogP contribution is -2.34. The van der Waals surface area contributed by atoms with E-state index in [1.54, 1.807) is 17.0 Å². The van der Waals surface area contributed by atoms with Gasteiger partial charge in [-0.3, -0.25) is 14.4 Å². The number of pyridine rings is 1. The van der Waals surface area contributed by atoms with Crippen LogP contribution in [0.5, 0.6) is 0 Å². The molecule has 1 aromatic heterocycles. The van der Waals surface area contributed by atoms with Gasteiger partial charge in [-0.05, 0) is 35.8 Å². The van der Waals surface area contributed by atoms with Crippen molar-refractivity contribution >= 4 is 56.0 Å². The molecule has 2 rings (SSSR count). The van der Waals surface area contributed by atoms with Crippen molar-refractivity contribution in [1.82, 2.24) is 15.4 Å². The van der Waals surface area contributed by atoms with Crippen LogP contribution in [0, 0.1) is 0 Å². The molecule has 1 aliphatic heterocycles. The first-order chi connectivity index (χ1) is 14.9. The van der Waals surface area contributed by atoms with Crippen LogP contribution in [0.25, 0.3) is 0 Å². The molecule has 0 bridgehead atoms. The first kappa shape index (κ1) is 25.1. The zero-order valence-electron chi connectivity index (χ0n) is 16.6. The van der Waals surface area contributed by atoms with Gasteiger partial charge in [0.05, 0.1) is 6.42 Å². The molecule has 1 aliphatic rings. The minimum Gasteiger partial charge on any atom is -0.356 e. The molecule has 0 radical (unpaired) electrons. The summed E-state index contributed by atoms with van der Waals surface area (Å²) < 4.78 is 21.8. The number of thiol groups is 1. The number of unbranched alkanes of at least 4 members (excludes halogenated alkanes) is 2. The summed E-state index contributed by atoms with van der Waals surface area (Å²) >= 11 is 0. The molecule has 1 unspecified atom stereocenters. The van der Waals surface area contributed by atoms with Crippen molar-refractivity contribution in [2.75, 3.05) is 12.3 Å². The van der Waals surface area contributed by atoms with Crippen LogP contribution in [-0.2, 0) is 34.7 Å². The Morgan fingerprint density at radius 2 is 2.00 bits per heavy atom. The number of rotatable bonds is 13. The number of carbonyl (C=O) groups is 4. The summed E-state index contributed by atoms with van der Waals surface area (Å²) in [7, 11) is -0.0264. The monoisotopic (exact) mass is 489 g/mol. The van der Waals surface area contributed by atoms with E-state index in [0.29, 0.717) is 38.0 Å². The Hall–Kier alpha value is -2.12. The van der Waals surface area contributed by atoms with Crippen LogP contribution >= 0.6 is 21.6 Å². The lowest BCUT2D eigenvalue weighted by atomic mass is 10.2. The molecule has 13 heteroatoms. The van der Waals surface area contributed by atoms with Crippen molar-refractivity contribution < 1.29 is 32.4 Å². The Morgan fingerprint density at radius 1 is 1.19 bits per heavy atom. The predicted octanol–water partition coefficient (Wildman–Crippen LogP) is 1.09. The average Bonchev–Trinajstić information content (AvgIpc) is 3.03. The van der Waals surface area contributed by atoms with E-state index in [2.05, 4.69) is 10.3 Å². The Labute approximate surface area is 189 Å². The molecule has 0 aliphatic carbocycles. The molecule has 0 spiro atoms. The van der Waals surface area contributed by atoms with Crippen LogP contribution in [0.2, 0.25) is 0 Å². The second kappa shape index (κ2) is 13.3. The third kappa shape index (κ3) is 8.87. The van der Waals surface area contributed by atoms with Crippen LogP contribution in [0.1, 0.15) is 38.5 Å². The predicted molar refractivity (Wildman–Crippen MR) is 115 cm³/mol. The smallest absolute Gasteiger partial charge is 0.333 e. The molecule has 0 saturated carbocycles. The standard InChI is InChI=1S/C18H23N3O7S3/c22-14(8-11-29-30-15-6-3-5-10-20-15)19-9-4-1-2-7-17(24)28-21-16(23)12-13(18(21)25)31(26)27/h3,5-6,10,13,31H,1-2,4,7-9,11-12H2,(H,19,22). The van der Waals surface area contributed by atoms with Crippen molar-refractivity contribution in [1.29, 1.82) is 0 Å². The van der Waals surface area contributed by atoms with Crippen molar-refractivity contribution in [2.24, 2.45) is 0 Å². The topological polar surface area (TPSA) is 140 Å². The van der Waals surface area contributed by atoms with E-state index in [1.165, 1.54) is 10.8 Å². The van der Waals surface area contributed by atoms with E-state index in [9.17, 15) is 27.6 Å². The maximum Gasteiger partial charge on any atom is 0.333 e. The highest BCUT2D eigenvalue weighted by atomic mass is 33.1. The van der Waals surface area contributed by atoms with Gasteiger partial charge in [0.15, 0.2) is 10.7 Å². The maximum atomic E-state index is 11.8. The lowest BCUT2D eigenvalue weighted by Gasteiger charge is -2.12. The van der Waals surface area contributed by atoms with Crippen LogP contribution in [0.4, 0.5) is 0 Å². The number of amides is 3. The third-order valence-corrected chi connectivity index (χ3v) is 7.28. The normalized spacial score (nSPS) is 16.0. The largest absolute Gasteiger partial charge is 0.356 e. The summed E-state index contributed by atoms with van der Waals surface area (Å²) in [5, 5.41) is 2.47. The molecule has 1 aromatic rings. The molecule has 3 amide bonds. The van der Waals surface area contributed by atoms with Crippen molar-refractivity contribution in [3.63, 3.8) is 0 Å². The summed E-state index contributed by atoms with van der Waals surface area (Å²) in [5.41, 5.74) is 0. The lowest BCUT2D eigenvalue weighted by molar-refractivity contribution is -0.197. The summed E-state index contributed by atoms with van der Waals surface area (Å²) in [5.74, 6) is -2.05. The second-order valence-electron chi connectivity index (χ2n) is 6.48. The van der Waals surface area contributed by atoms with Crippen LogP contribution in [-0.4, -0.2) is 59.7 Å². The van der Waals surface area contributed by atoms with Gasteiger partial charge in [-0.2, -0.15) is 0 Å². The average molecular weight is 490 g/mol. The molecule has 1 atom stereocenters. The maximum absolute atomic E-state index is 11.8. The first-order valence-electron chi connectivity index (χ1n) is 9.56. The molecule has 31 heavy (non-hydrogen) atoms. The minimum atomic E-state index is -3.10. The fourth-order valence-electron chi connectivity index (χ4n) is 2.52. The van der Waals surface area contributed by atoms with Gasteiger partial charge < -0.3 is 10.2 Å². The van der Waals surface area contributed by atoms with E-state index in [-0.39, 0.29) is 17.4 Å². The van der Waals surface area contributed by atoms with E-state index < -0.39 is 40.2 Å². The fraction of sp³-hybridized carbons (Fsp3) is 0.500. The SMILES string of the molecule is O=C(CCSSc1ccccn1)NCCCCCC(=O)ON1C(=O)CC([SH](=O)=O)C1=O. The van der Waals surface area contributed by atoms with Gasteiger partial charge in [-0.25, -0.2) is 18.2 Å². The molecular weight excluding hydrogens is 466 g/mol. The molecule has 0 aromatic carbocycles. The van der Waals surface area contributed by atoms with Crippen LogP contribution < -0.4 is 5.32 Å². The number of nitrogens with one attached hydrogen (secondary N) is 1. The van der Waals surface area contributed by atoms with Gasteiger partial charge in [0.25, 0.3) is 11.8 Å². The summed E-state index contributed by atoms with van der Waals surface area (Å²) in [4.78, 5) is 55.8. The van der Waals surface area contributed by atoms with Gasteiger partial charge in [0.1, 0.15) is 10.3 Å².